The zero-order valence-corrected chi connectivity index (χ0v) is 12.8. The van der Waals surface area contributed by atoms with E-state index in [2.05, 4.69) is 48.5 Å². The monoisotopic (exact) mass is 274 g/mol. The van der Waals surface area contributed by atoms with Crippen LogP contribution in [0.1, 0.15) is 44.7 Å². The number of aromatic nitrogens is 2. The van der Waals surface area contributed by atoms with Crippen LogP contribution in [0.2, 0.25) is 0 Å². The molecule has 19 heavy (non-hydrogen) atoms. The molecular weight excluding hydrogens is 252 g/mol. The minimum absolute atomic E-state index is 0.557. The summed E-state index contributed by atoms with van der Waals surface area (Å²) in [5, 5.41) is 0. The first-order chi connectivity index (χ1) is 9.04. The Hall–Kier alpha value is -1.09. The van der Waals surface area contributed by atoms with Crippen molar-refractivity contribution >= 4 is 23.3 Å². The number of rotatable bonds is 1. The van der Waals surface area contributed by atoms with Crippen LogP contribution in [0.25, 0.3) is 11.0 Å². The minimum Gasteiger partial charge on any atom is -0.331 e. The quantitative estimate of drug-likeness (QED) is 0.725. The van der Waals surface area contributed by atoms with Crippen molar-refractivity contribution in [3.63, 3.8) is 0 Å². The van der Waals surface area contributed by atoms with Gasteiger partial charge in [0.2, 0.25) is 0 Å². The van der Waals surface area contributed by atoms with Crippen LogP contribution >= 0.6 is 12.2 Å². The number of imidazole rings is 1. The van der Waals surface area contributed by atoms with Gasteiger partial charge in [0.05, 0.1) is 11.0 Å². The molecule has 1 N–H and O–H groups in total. The maximum absolute atomic E-state index is 5.56. The summed E-state index contributed by atoms with van der Waals surface area (Å²) in [5.41, 5.74) is 3.74. The Labute approximate surface area is 119 Å². The fourth-order valence-corrected chi connectivity index (χ4v) is 4.07. The fourth-order valence-electron chi connectivity index (χ4n) is 3.71. The Morgan fingerprint density at radius 2 is 1.84 bits per heavy atom. The van der Waals surface area contributed by atoms with Gasteiger partial charge in [0, 0.05) is 6.04 Å². The van der Waals surface area contributed by atoms with Gasteiger partial charge in [0.1, 0.15) is 0 Å². The Morgan fingerprint density at radius 3 is 2.53 bits per heavy atom. The van der Waals surface area contributed by atoms with Crippen molar-refractivity contribution < 1.29 is 0 Å². The lowest BCUT2D eigenvalue weighted by atomic mass is 9.80. The highest BCUT2D eigenvalue weighted by atomic mass is 32.1. The number of hydrogen-bond acceptors (Lipinski definition) is 1. The molecule has 1 aliphatic carbocycles. The fraction of sp³-hybridized carbons (Fsp3) is 0.562. The van der Waals surface area contributed by atoms with Gasteiger partial charge in [-0.3, -0.25) is 0 Å². The summed E-state index contributed by atoms with van der Waals surface area (Å²) in [4.78, 5) is 3.36. The molecule has 0 spiro atoms. The van der Waals surface area contributed by atoms with Gasteiger partial charge < -0.3 is 9.55 Å². The molecule has 0 radical (unpaired) electrons. The lowest BCUT2D eigenvalue weighted by molar-refractivity contribution is 0.223. The lowest BCUT2D eigenvalue weighted by Crippen LogP contribution is -2.22. The largest absolute Gasteiger partial charge is 0.331 e. The number of fused-ring (bicyclic) bond motifs is 1. The van der Waals surface area contributed by atoms with Crippen molar-refractivity contribution in [1.29, 1.82) is 0 Å². The van der Waals surface area contributed by atoms with Crippen LogP contribution in [-0.4, -0.2) is 9.55 Å². The van der Waals surface area contributed by atoms with E-state index in [1.165, 1.54) is 35.9 Å². The second kappa shape index (κ2) is 4.78. The van der Waals surface area contributed by atoms with E-state index >= 15 is 0 Å². The molecule has 1 aromatic heterocycles. The first kappa shape index (κ1) is 12.9. The Balaban J connectivity index is 2.11. The molecule has 102 valence electrons. The van der Waals surface area contributed by atoms with E-state index in [0.717, 1.165) is 16.6 Å². The van der Waals surface area contributed by atoms with E-state index in [1.54, 1.807) is 0 Å². The summed E-state index contributed by atoms with van der Waals surface area (Å²) in [6.07, 6.45) is 3.85. The van der Waals surface area contributed by atoms with Crippen LogP contribution in [-0.2, 0) is 0 Å². The third-order valence-corrected chi connectivity index (χ3v) is 4.69. The minimum atomic E-state index is 0.557. The van der Waals surface area contributed by atoms with Crippen molar-refractivity contribution in [2.45, 2.75) is 46.1 Å². The van der Waals surface area contributed by atoms with E-state index < -0.39 is 0 Å². The molecule has 1 fully saturated rings. The van der Waals surface area contributed by atoms with Crippen LogP contribution in [0.15, 0.2) is 18.2 Å². The Morgan fingerprint density at radius 1 is 1.16 bits per heavy atom. The van der Waals surface area contributed by atoms with Crippen LogP contribution in [0.4, 0.5) is 0 Å². The number of aryl methyl sites for hydroxylation is 1. The SMILES string of the molecule is Cc1ccc2[nH]c(=S)n(C3CC(C)CC(C)C3)c2c1. The number of aromatic amines is 1. The molecule has 0 saturated heterocycles. The molecule has 3 heteroatoms. The normalized spacial score (nSPS) is 27.8. The molecule has 2 nitrogen and oxygen atoms in total. The van der Waals surface area contributed by atoms with Crippen molar-refractivity contribution in [2.24, 2.45) is 11.8 Å². The molecular formula is C16H22N2S. The number of nitrogens with one attached hydrogen (secondary N) is 1. The highest BCUT2D eigenvalue weighted by Gasteiger charge is 2.26. The van der Waals surface area contributed by atoms with Crippen LogP contribution in [0.3, 0.4) is 0 Å². The lowest BCUT2D eigenvalue weighted by Gasteiger charge is -2.32. The predicted molar refractivity (Wildman–Crippen MR) is 83.1 cm³/mol. The summed E-state index contributed by atoms with van der Waals surface area (Å²) in [5.74, 6) is 1.59. The first-order valence-electron chi connectivity index (χ1n) is 7.25. The van der Waals surface area contributed by atoms with Crippen molar-refractivity contribution in [2.75, 3.05) is 0 Å². The molecule has 1 heterocycles. The van der Waals surface area contributed by atoms with E-state index in [1.807, 2.05) is 0 Å². The van der Waals surface area contributed by atoms with Crippen LogP contribution in [0, 0.1) is 23.5 Å². The molecule has 0 aliphatic heterocycles. The highest BCUT2D eigenvalue weighted by molar-refractivity contribution is 7.71. The summed E-state index contributed by atoms with van der Waals surface area (Å²) >= 11 is 5.56. The van der Waals surface area contributed by atoms with E-state index in [-0.39, 0.29) is 0 Å². The summed E-state index contributed by atoms with van der Waals surface area (Å²) in [6, 6.07) is 7.10. The molecule has 1 aromatic carbocycles. The van der Waals surface area contributed by atoms with E-state index in [4.69, 9.17) is 12.2 Å². The van der Waals surface area contributed by atoms with Gasteiger partial charge >= 0.3 is 0 Å². The summed E-state index contributed by atoms with van der Waals surface area (Å²) in [7, 11) is 0. The zero-order chi connectivity index (χ0) is 13.6. The molecule has 2 atom stereocenters. The van der Waals surface area contributed by atoms with Gasteiger partial charge in [0.15, 0.2) is 4.77 Å². The second-order valence-corrected chi connectivity index (χ2v) is 6.78. The number of H-pyrrole nitrogens is 1. The summed E-state index contributed by atoms with van der Waals surface area (Å²) < 4.78 is 3.25. The highest BCUT2D eigenvalue weighted by Crippen LogP contribution is 2.37. The van der Waals surface area contributed by atoms with Gasteiger partial charge in [-0.2, -0.15) is 0 Å². The van der Waals surface area contributed by atoms with Gasteiger partial charge in [-0.1, -0.05) is 19.9 Å². The number of benzene rings is 1. The van der Waals surface area contributed by atoms with Crippen molar-refractivity contribution in [3.8, 4) is 0 Å². The topological polar surface area (TPSA) is 20.7 Å². The average Bonchev–Trinajstić information content (AvgIpc) is 2.63. The van der Waals surface area contributed by atoms with Crippen LogP contribution < -0.4 is 0 Å². The maximum Gasteiger partial charge on any atom is 0.178 e. The standard InChI is InChI=1S/C16H22N2S/c1-10-4-5-14-15(9-10)18(16(19)17-14)13-7-11(2)6-12(3)8-13/h4-5,9,11-13H,6-8H2,1-3H3,(H,17,19). The van der Waals surface area contributed by atoms with Crippen LogP contribution in [0.5, 0.6) is 0 Å². The molecule has 0 amide bonds. The smallest absolute Gasteiger partial charge is 0.178 e. The van der Waals surface area contributed by atoms with Gasteiger partial charge in [-0.05, 0) is 67.9 Å². The zero-order valence-electron chi connectivity index (χ0n) is 11.9. The third kappa shape index (κ3) is 2.36. The van der Waals surface area contributed by atoms with Gasteiger partial charge in [-0.25, -0.2) is 0 Å². The second-order valence-electron chi connectivity index (χ2n) is 6.39. The number of nitrogens with zero attached hydrogens (tertiary/aromatic N) is 1. The third-order valence-electron chi connectivity index (χ3n) is 4.39. The average molecular weight is 274 g/mol. The molecule has 2 aromatic rings. The number of hydrogen-bond donors (Lipinski definition) is 1. The molecule has 3 rings (SSSR count). The molecule has 1 saturated carbocycles. The van der Waals surface area contributed by atoms with Gasteiger partial charge in [-0.15, -0.1) is 0 Å². The first-order valence-corrected chi connectivity index (χ1v) is 7.66. The van der Waals surface area contributed by atoms with Crippen molar-refractivity contribution in [3.05, 3.63) is 28.5 Å². The Kier molecular flexibility index (Phi) is 3.25. The molecule has 1 aliphatic rings. The molecule has 2 unspecified atom stereocenters. The maximum atomic E-state index is 5.56. The molecule has 0 bridgehead atoms. The predicted octanol–water partition coefficient (Wildman–Crippen LogP) is 5.00. The summed E-state index contributed by atoms with van der Waals surface area (Å²) in [6.45, 7) is 6.88. The van der Waals surface area contributed by atoms with E-state index in [0.29, 0.717) is 6.04 Å². The van der Waals surface area contributed by atoms with E-state index in [9.17, 15) is 0 Å². The Bertz CT molecular complexity index is 642. The van der Waals surface area contributed by atoms with Gasteiger partial charge in [0.25, 0.3) is 0 Å². The van der Waals surface area contributed by atoms with Crippen molar-refractivity contribution in [1.82, 2.24) is 9.55 Å².